The van der Waals surface area contributed by atoms with E-state index in [9.17, 15) is 0 Å². The summed E-state index contributed by atoms with van der Waals surface area (Å²) in [5.41, 5.74) is 6.24. The number of benzene rings is 2. The molecule has 1 N–H and O–H groups in total. The minimum absolute atomic E-state index is 0.324. The number of para-hydroxylation sites is 1. The van der Waals surface area contributed by atoms with E-state index in [2.05, 4.69) is 25.7 Å². The zero-order chi connectivity index (χ0) is 18.8. The van der Waals surface area contributed by atoms with Gasteiger partial charge in [-0.15, -0.1) is 10.2 Å². The predicted molar refractivity (Wildman–Crippen MR) is 105 cm³/mol. The Labute approximate surface area is 155 Å². The van der Waals surface area contributed by atoms with Crippen molar-refractivity contribution in [1.29, 1.82) is 0 Å². The maximum Gasteiger partial charge on any atom is 0.265 e. The first-order valence-corrected chi connectivity index (χ1v) is 8.30. The van der Waals surface area contributed by atoms with Gasteiger partial charge in [0.2, 0.25) is 0 Å². The average molecular weight is 362 g/mol. The third kappa shape index (κ3) is 3.01. The van der Waals surface area contributed by atoms with Crippen molar-refractivity contribution in [2.45, 2.75) is 0 Å². The van der Waals surface area contributed by atoms with Crippen molar-refractivity contribution in [3.05, 3.63) is 48.0 Å². The van der Waals surface area contributed by atoms with E-state index in [4.69, 9.17) is 9.47 Å². The first-order valence-electron chi connectivity index (χ1n) is 8.30. The van der Waals surface area contributed by atoms with Crippen LogP contribution in [0.25, 0.3) is 22.1 Å². The van der Waals surface area contributed by atoms with E-state index in [-0.39, 0.29) is 0 Å². The molecule has 0 saturated heterocycles. The molecule has 27 heavy (non-hydrogen) atoms. The smallest absolute Gasteiger partial charge is 0.265 e. The Hall–Kier alpha value is -3.68. The van der Waals surface area contributed by atoms with E-state index in [0.717, 1.165) is 27.6 Å². The topological polar surface area (TPSA) is 86.5 Å². The molecule has 0 aliphatic carbocycles. The molecular weight excluding hydrogens is 344 g/mol. The summed E-state index contributed by atoms with van der Waals surface area (Å²) in [4.78, 5) is 4.52. The number of hydrogen-bond acceptors (Lipinski definition) is 7. The molecule has 2 aromatic heterocycles. The van der Waals surface area contributed by atoms with Crippen molar-refractivity contribution in [2.24, 2.45) is 12.1 Å². The van der Waals surface area contributed by atoms with Crippen LogP contribution >= 0.6 is 0 Å². The van der Waals surface area contributed by atoms with Crippen LogP contribution in [0.3, 0.4) is 0 Å². The lowest BCUT2D eigenvalue weighted by Gasteiger charge is -2.07. The molecule has 0 aliphatic rings. The molecule has 0 fully saturated rings. The summed E-state index contributed by atoms with van der Waals surface area (Å²) in [5.74, 6) is 1.62. The Morgan fingerprint density at radius 1 is 1.04 bits per heavy atom. The Kier molecular flexibility index (Phi) is 4.29. The van der Waals surface area contributed by atoms with Crippen molar-refractivity contribution in [3.63, 3.8) is 0 Å². The molecule has 136 valence electrons. The molecule has 4 aromatic rings. The maximum atomic E-state index is 5.29. The molecule has 8 heteroatoms. The molecule has 4 rings (SSSR count). The summed E-state index contributed by atoms with van der Waals surface area (Å²) in [7, 11) is 5.15. The summed E-state index contributed by atoms with van der Waals surface area (Å²) in [5, 5.41) is 13.6. The number of methoxy groups -OCH3 is 2. The number of fused-ring (bicyclic) bond motifs is 3. The van der Waals surface area contributed by atoms with E-state index in [1.165, 1.54) is 0 Å². The van der Waals surface area contributed by atoms with Crippen LogP contribution in [0, 0.1) is 0 Å². The van der Waals surface area contributed by atoms with Crippen LogP contribution in [0.4, 0.5) is 5.95 Å². The molecule has 2 aromatic carbocycles. The molecular formula is C19H18N6O2. The lowest BCUT2D eigenvalue weighted by atomic mass is 10.2. The third-order valence-corrected chi connectivity index (χ3v) is 4.29. The fraction of sp³-hybridized carbons (Fsp3) is 0.158. The van der Waals surface area contributed by atoms with Gasteiger partial charge in [-0.3, -0.25) is 0 Å². The van der Waals surface area contributed by atoms with Crippen LogP contribution in [0.15, 0.2) is 47.6 Å². The molecule has 0 radical (unpaired) electrons. The number of ether oxygens (including phenoxy) is 2. The standard InChI is InChI=1S/C19H18N6O2/c1-25-14-7-5-4-6-13(14)17-18(25)21-19(24-22-17)23-20-11-12-8-9-15(26-2)16(10-12)27-3/h4-11H,1-3H3,(H,21,23,24)/b20-11-. The van der Waals surface area contributed by atoms with Gasteiger partial charge in [-0.1, -0.05) is 18.2 Å². The van der Waals surface area contributed by atoms with Gasteiger partial charge in [-0.25, -0.2) is 5.43 Å². The second kappa shape index (κ2) is 6.91. The van der Waals surface area contributed by atoms with E-state index in [1.807, 2.05) is 54.1 Å². The van der Waals surface area contributed by atoms with E-state index in [0.29, 0.717) is 17.4 Å². The molecule has 0 amide bonds. The number of nitrogens with one attached hydrogen (secondary N) is 1. The Morgan fingerprint density at radius 2 is 1.85 bits per heavy atom. The van der Waals surface area contributed by atoms with E-state index >= 15 is 0 Å². The van der Waals surface area contributed by atoms with Gasteiger partial charge in [-0.2, -0.15) is 10.1 Å². The van der Waals surface area contributed by atoms with Gasteiger partial charge >= 0.3 is 0 Å². The van der Waals surface area contributed by atoms with Crippen LogP contribution < -0.4 is 14.9 Å². The predicted octanol–water partition coefficient (Wildman–Crippen LogP) is 2.98. The van der Waals surface area contributed by atoms with Gasteiger partial charge in [0, 0.05) is 12.4 Å². The van der Waals surface area contributed by atoms with Crippen molar-refractivity contribution in [1.82, 2.24) is 19.7 Å². The Bertz CT molecular complexity index is 1150. The van der Waals surface area contributed by atoms with Crippen molar-refractivity contribution < 1.29 is 9.47 Å². The highest BCUT2D eigenvalue weighted by Crippen LogP contribution is 2.27. The summed E-state index contributed by atoms with van der Waals surface area (Å²) < 4.78 is 12.5. The summed E-state index contributed by atoms with van der Waals surface area (Å²) in [6.45, 7) is 0. The highest BCUT2D eigenvalue weighted by molar-refractivity contribution is 6.04. The minimum atomic E-state index is 0.324. The SMILES string of the molecule is COc1ccc(/C=N\Nc2nnc3c4ccccc4n(C)c3n2)cc1OC. The van der Waals surface area contributed by atoms with Crippen LogP contribution in [-0.2, 0) is 7.05 Å². The number of nitrogens with zero attached hydrogens (tertiary/aromatic N) is 5. The van der Waals surface area contributed by atoms with Gasteiger partial charge in [0.25, 0.3) is 5.95 Å². The molecule has 2 heterocycles. The fourth-order valence-electron chi connectivity index (χ4n) is 2.95. The average Bonchev–Trinajstić information content (AvgIpc) is 3.00. The van der Waals surface area contributed by atoms with Gasteiger partial charge in [0.05, 0.1) is 26.0 Å². The molecule has 0 spiro atoms. The molecule has 8 nitrogen and oxygen atoms in total. The third-order valence-electron chi connectivity index (χ3n) is 4.29. The number of rotatable bonds is 5. The van der Waals surface area contributed by atoms with Crippen molar-refractivity contribution >= 4 is 34.2 Å². The minimum Gasteiger partial charge on any atom is -0.493 e. The number of aryl methyl sites for hydroxylation is 1. The van der Waals surface area contributed by atoms with E-state index < -0.39 is 0 Å². The van der Waals surface area contributed by atoms with Crippen LogP contribution in [-0.4, -0.2) is 40.2 Å². The Morgan fingerprint density at radius 3 is 2.67 bits per heavy atom. The first-order chi connectivity index (χ1) is 13.2. The van der Waals surface area contributed by atoms with Crippen LogP contribution in [0.2, 0.25) is 0 Å². The Balaban J connectivity index is 1.60. The fourth-order valence-corrected chi connectivity index (χ4v) is 2.95. The number of hydrogen-bond donors (Lipinski definition) is 1. The molecule has 0 bridgehead atoms. The van der Waals surface area contributed by atoms with Crippen LogP contribution in [0.1, 0.15) is 5.56 Å². The summed E-state index contributed by atoms with van der Waals surface area (Å²) in [6.07, 6.45) is 1.65. The molecule has 0 unspecified atom stereocenters. The second-order valence-electron chi connectivity index (χ2n) is 5.87. The van der Waals surface area contributed by atoms with Crippen molar-refractivity contribution in [3.8, 4) is 11.5 Å². The van der Waals surface area contributed by atoms with Gasteiger partial charge in [0.15, 0.2) is 17.1 Å². The van der Waals surface area contributed by atoms with Crippen molar-refractivity contribution in [2.75, 3.05) is 19.6 Å². The normalized spacial score (nSPS) is 11.4. The summed E-state index contributed by atoms with van der Waals surface area (Å²) in [6, 6.07) is 13.5. The highest BCUT2D eigenvalue weighted by Gasteiger charge is 2.11. The number of hydrazone groups is 1. The second-order valence-corrected chi connectivity index (χ2v) is 5.87. The zero-order valence-electron chi connectivity index (χ0n) is 15.2. The lowest BCUT2D eigenvalue weighted by molar-refractivity contribution is 0.355. The molecule has 0 saturated carbocycles. The van der Waals surface area contributed by atoms with E-state index in [1.54, 1.807) is 20.4 Å². The van der Waals surface area contributed by atoms with Gasteiger partial charge < -0.3 is 14.0 Å². The van der Waals surface area contributed by atoms with Gasteiger partial charge in [-0.05, 0) is 29.8 Å². The number of anilines is 1. The highest BCUT2D eigenvalue weighted by atomic mass is 16.5. The number of aromatic nitrogens is 4. The lowest BCUT2D eigenvalue weighted by Crippen LogP contribution is -2.01. The molecule has 0 atom stereocenters. The largest absolute Gasteiger partial charge is 0.493 e. The quantitative estimate of drug-likeness (QED) is 0.434. The maximum absolute atomic E-state index is 5.29. The van der Waals surface area contributed by atoms with Gasteiger partial charge in [0.1, 0.15) is 5.52 Å². The molecule has 0 aliphatic heterocycles. The zero-order valence-corrected chi connectivity index (χ0v) is 15.2. The first kappa shape index (κ1) is 16.8. The summed E-state index contributed by atoms with van der Waals surface area (Å²) >= 11 is 0. The van der Waals surface area contributed by atoms with Crippen LogP contribution in [0.5, 0.6) is 11.5 Å². The monoisotopic (exact) mass is 362 g/mol.